The van der Waals surface area contributed by atoms with Gasteiger partial charge in [-0.15, -0.1) is 0 Å². The van der Waals surface area contributed by atoms with Crippen LogP contribution in [0.1, 0.15) is 12.5 Å². The van der Waals surface area contributed by atoms with Gasteiger partial charge >= 0.3 is 5.69 Å². The molecule has 0 aliphatic heterocycles. The molecule has 0 aliphatic rings. The van der Waals surface area contributed by atoms with Crippen LogP contribution in [0.5, 0.6) is 11.5 Å². The molecule has 0 amide bonds. The number of nitrogens with one attached hydrogen (secondary N) is 1. The van der Waals surface area contributed by atoms with Crippen LogP contribution in [-0.2, 0) is 6.54 Å². The van der Waals surface area contributed by atoms with Crippen molar-refractivity contribution in [3.63, 3.8) is 0 Å². The topological polar surface area (TPSA) is 64.4 Å². The Labute approximate surface area is 131 Å². The zero-order valence-electron chi connectivity index (χ0n) is 11.5. The Morgan fingerprint density at radius 3 is 2.57 bits per heavy atom. The lowest BCUT2D eigenvalue weighted by atomic mass is 10.2. The fraction of sp³-hybridized carbons (Fsp3) is 0.200. The molecule has 2 rings (SSSR count). The molecule has 6 heteroatoms. The summed E-state index contributed by atoms with van der Waals surface area (Å²) in [6, 6.07) is 12.2. The molecule has 2 aromatic carbocycles. The van der Waals surface area contributed by atoms with Crippen molar-refractivity contribution in [1.82, 2.24) is 5.32 Å². The van der Waals surface area contributed by atoms with Gasteiger partial charge in [-0.25, -0.2) is 0 Å². The summed E-state index contributed by atoms with van der Waals surface area (Å²) < 4.78 is 6.24. The summed E-state index contributed by atoms with van der Waals surface area (Å²) in [4.78, 5) is 10.6. The van der Waals surface area contributed by atoms with Crippen LogP contribution in [0.25, 0.3) is 0 Å². The van der Waals surface area contributed by atoms with E-state index in [9.17, 15) is 10.1 Å². The van der Waals surface area contributed by atoms with Crippen LogP contribution in [0, 0.1) is 10.1 Å². The van der Waals surface area contributed by atoms with Gasteiger partial charge in [0, 0.05) is 17.1 Å². The number of halogens is 1. The number of nitro benzene ring substituents is 1. The Morgan fingerprint density at radius 2 is 1.95 bits per heavy atom. The van der Waals surface area contributed by atoms with E-state index >= 15 is 0 Å². The van der Waals surface area contributed by atoms with Crippen LogP contribution in [-0.4, -0.2) is 11.5 Å². The van der Waals surface area contributed by atoms with Gasteiger partial charge in [0.2, 0.25) is 5.75 Å². The van der Waals surface area contributed by atoms with E-state index in [1.807, 2.05) is 19.1 Å². The van der Waals surface area contributed by atoms with E-state index in [0.717, 1.165) is 18.7 Å². The van der Waals surface area contributed by atoms with Gasteiger partial charge in [0.15, 0.2) is 0 Å². The molecular weight excluding hydrogens is 336 g/mol. The van der Waals surface area contributed by atoms with Crippen molar-refractivity contribution in [1.29, 1.82) is 0 Å². The molecule has 0 unspecified atom stereocenters. The summed E-state index contributed by atoms with van der Waals surface area (Å²) in [5, 5.41) is 14.3. The van der Waals surface area contributed by atoms with Crippen LogP contribution in [0.15, 0.2) is 46.9 Å². The molecule has 0 saturated carbocycles. The van der Waals surface area contributed by atoms with Crippen molar-refractivity contribution in [3.05, 3.63) is 62.6 Å². The molecule has 0 aliphatic carbocycles. The maximum absolute atomic E-state index is 11.0. The molecule has 0 fully saturated rings. The van der Waals surface area contributed by atoms with Crippen LogP contribution in [0.2, 0.25) is 0 Å². The normalized spacial score (nSPS) is 10.4. The highest BCUT2D eigenvalue weighted by Crippen LogP contribution is 2.33. The predicted molar refractivity (Wildman–Crippen MR) is 84.7 cm³/mol. The molecule has 110 valence electrons. The maximum Gasteiger partial charge on any atom is 0.312 e. The number of hydrogen-bond acceptors (Lipinski definition) is 4. The summed E-state index contributed by atoms with van der Waals surface area (Å²) in [5.74, 6) is 0.795. The minimum atomic E-state index is -0.459. The zero-order chi connectivity index (χ0) is 15.2. The molecule has 0 atom stereocenters. The first-order valence-corrected chi connectivity index (χ1v) is 7.31. The number of nitrogens with zero attached hydrogens (tertiary/aromatic N) is 1. The molecule has 0 saturated heterocycles. The Balaban J connectivity index is 2.16. The Morgan fingerprint density at radius 1 is 1.24 bits per heavy atom. The second-order valence-electron chi connectivity index (χ2n) is 4.40. The molecule has 0 heterocycles. The van der Waals surface area contributed by atoms with Gasteiger partial charge in [0.25, 0.3) is 0 Å². The van der Waals surface area contributed by atoms with Crippen molar-refractivity contribution >= 4 is 21.6 Å². The predicted octanol–water partition coefficient (Wildman–Crippen LogP) is 4.26. The quantitative estimate of drug-likeness (QED) is 0.624. The number of benzene rings is 2. The molecule has 1 N–H and O–H groups in total. The van der Waals surface area contributed by atoms with E-state index in [1.165, 1.54) is 6.07 Å². The molecule has 0 bridgehead atoms. The standard InChI is InChI=1S/C15H15BrN2O3/c1-2-17-10-11-3-6-13(7-4-11)21-15-8-5-12(16)9-14(15)18(19)20/h3-9,17H,2,10H2,1H3. The summed E-state index contributed by atoms with van der Waals surface area (Å²) >= 11 is 3.22. The lowest BCUT2D eigenvalue weighted by molar-refractivity contribution is -0.385. The fourth-order valence-corrected chi connectivity index (χ4v) is 2.14. The van der Waals surface area contributed by atoms with Crippen LogP contribution < -0.4 is 10.1 Å². The number of hydrogen-bond donors (Lipinski definition) is 1. The summed E-state index contributed by atoms with van der Waals surface area (Å²) in [6.45, 7) is 3.74. The molecule has 0 radical (unpaired) electrons. The highest BCUT2D eigenvalue weighted by Gasteiger charge is 2.16. The van der Waals surface area contributed by atoms with E-state index in [-0.39, 0.29) is 11.4 Å². The zero-order valence-corrected chi connectivity index (χ0v) is 13.1. The van der Waals surface area contributed by atoms with E-state index in [2.05, 4.69) is 21.2 Å². The molecule has 2 aromatic rings. The monoisotopic (exact) mass is 350 g/mol. The molecule has 0 spiro atoms. The van der Waals surface area contributed by atoms with Crippen molar-refractivity contribution < 1.29 is 9.66 Å². The second-order valence-corrected chi connectivity index (χ2v) is 5.31. The largest absolute Gasteiger partial charge is 0.450 e. The molecule has 5 nitrogen and oxygen atoms in total. The van der Waals surface area contributed by atoms with Gasteiger partial charge in [0.1, 0.15) is 5.75 Å². The molecular formula is C15H15BrN2O3. The van der Waals surface area contributed by atoms with Crippen LogP contribution in [0.3, 0.4) is 0 Å². The van der Waals surface area contributed by atoms with Crippen molar-refractivity contribution in [2.75, 3.05) is 6.54 Å². The average molecular weight is 351 g/mol. The fourth-order valence-electron chi connectivity index (χ4n) is 1.79. The van der Waals surface area contributed by atoms with Crippen LogP contribution in [0.4, 0.5) is 5.69 Å². The SMILES string of the molecule is CCNCc1ccc(Oc2ccc(Br)cc2[N+](=O)[O-])cc1. The number of ether oxygens (including phenoxy) is 1. The highest BCUT2D eigenvalue weighted by atomic mass is 79.9. The van der Waals surface area contributed by atoms with Crippen molar-refractivity contribution in [3.8, 4) is 11.5 Å². The van der Waals surface area contributed by atoms with Gasteiger partial charge in [-0.05, 0) is 36.4 Å². The average Bonchev–Trinajstić information content (AvgIpc) is 2.48. The second kappa shape index (κ2) is 7.19. The van der Waals surface area contributed by atoms with Gasteiger partial charge in [-0.1, -0.05) is 35.0 Å². The lowest BCUT2D eigenvalue weighted by Gasteiger charge is -2.08. The smallest absolute Gasteiger partial charge is 0.312 e. The third-order valence-electron chi connectivity index (χ3n) is 2.85. The number of rotatable bonds is 6. The minimum Gasteiger partial charge on any atom is -0.450 e. The maximum atomic E-state index is 11.0. The minimum absolute atomic E-state index is 0.0684. The van der Waals surface area contributed by atoms with Crippen molar-refractivity contribution in [2.24, 2.45) is 0 Å². The number of nitro groups is 1. The third-order valence-corrected chi connectivity index (χ3v) is 3.34. The van der Waals surface area contributed by atoms with Crippen LogP contribution >= 0.6 is 15.9 Å². The summed E-state index contributed by atoms with van der Waals surface area (Å²) in [7, 11) is 0. The summed E-state index contributed by atoms with van der Waals surface area (Å²) in [6.07, 6.45) is 0. The van der Waals surface area contributed by atoms with Gasteiger partial charge in [-0.2, -0.15) is 0 Å². The van der Waals surface area contributed by atoms with E-state index in [1.54, 1.807) is 24.3 Å². The first-order chi connectivity index (χ1) is 10.1. The van der Waals surface area contributed by atoms with E-state index < -0.39 is 4.92 Å². The first-order valence-electron chi connectivity index (χ1n) is 6.51. The van der Waals surface area contributed by atoms with Crippen molar-refractivity contribution in [2.45, 2.75) is 13.5 Å². The molecule has 21 heavy (non-hydrogen) atoms. The Kier molecular flexibility index (Phi) is 5.30. The molecule has 0 aromatic heterocycles. The Hall–Kier alpha value is -1.92. The lowest BCUT2D eigenvalue weighted by Crippen LogP contribution is -2.11. The summed E-state index contributed by atoms with van der Waals surface area (Å²) in [5.41, 5.74) is 1.07. The van der Waals surface area contributed by atoms with Gasteiger partial charge in [-0.3, -0.25) is 10.1 Å². The third kappa shape index (κ3) is 4.27. The Bertz CT molecular complexity index is 629. The first kappa shape index (κ1) is 15.5. The van der Waals surface area contributed by atoms with Gasteiger partial charge < -0.3 is 10.1 Å². The van der Waals surface area contributed by atoms with Gasteiger partial charge in [0.05, 0.1) is 4.92 Å². The highest BCUT2D eigenvalue weighted by molar-refractivity contribution is 9.10. The van der Waals surface area contributed by atoms with E-state index in [4.69, 9.17) is 4.74 Å². The van der Waals surface area contributed by atoms with E-state index in [0.29, 0.717) is 10.2 Å².